The fourth-order valence-electron chi connectivity index (χ4n) is 5.11. The predicted molar refractivity (Wildman–Crippen MR) is 161 cm³/mol. The maximum absolute atomic E-state index is 13.4. The molecule has 3 N–H and O–H groups in total. The Morgan fingerprint density at radius 2 is 2.00 bits per heavy atom. The van der Waals surface area contributed by atoms with E-state index >= 15 is 0 Å². The Labute approximate surface area is 261 Å². The van der Waals surface area contributed by atoms with Gasteiger partial charge >= 0.3 is 6.09 Å². The van der Waals surface area contributed by atoms with Gasteiger partial charge in [-0.05, 0) is 52.5 Å². The first-order chi connectivity index (χ1) is 21.9. The van der Waals surface area contributed by atoms with Crippen LogP contribution in [-0.4, -0.2) is 88.4 Å². The second-order valence-electron chi connectivity index (χ2n) is 10.1. The summed E-state index contributed by atoms with van der Waals surface area (Å²) in [6.07, 6.45) is 2.70. The molecule has 0 aliphatic carbocycles. The molecular weight excluding hydrogens is 608 g/mol. The SMILES string of the molecule is COc1cc(/C=N/NC(=O)c2nnn(-c3nonc3N)c2CN2CCCc3ccccc32)cc(Cl)c1OC(=O)N1CCOCC1. The Kier molecular flexibility index (Phi) is 8.74. The van der Waals surface area contributed by atoms with Gasteiger partial charge in [0.2, 0.25) is 11.6 Å². The third kappa shape index (κ3) is 6.37. The van der Waals surface area contributed by atoms with E-state index in [1.54, 1.807) is 6.07 Å². The van der Waals surface area contributed by atoms with E-state index in [9.17, 15) is 9.59 Å². The van der Waals surface area contributed by atoms with Gasteiger partial charge in [0.05, 0.1) is 43.8 Å². The lowest BCUT2D eigenvalue weighted by Crippen LogP contribution is -2.42. The van der Waals surface area contributed by atoms with Crippen LogP contribution in [0, 0.1) is 0 Å². The van der Waals surface area contributed by atoms with Crippen molar-refractivity contribution in [1.29, 1.82) is 0 Å². The molecular formula is C28H29ClN10O6. The number of methoxy groups -OCH3 is 1. The van der Waals surface area contributed by atoms with Crippen LogP contribution in [-0.2, 0) is 17.7 Å². The highest BCUT2D eigenvalue weighted by atomic mass is 35.5. The van der Waals surface area contributed by atoms with Gasteiger partial charge in [0.15, 0.2) is 17.2 Å². The van der Waals surface area contributed by atoms with Gasteiger partial charge in [0.1, 0.15) is 0 Å². The maximum atomic E-state index is 13.4. The van der Waals surface area contributed by atoms with E-state index in [4.69, 9.17) is 36.2 Å². The van der Waals surface area contributed by atoms with E-state index in [-0.39, 0.29) is 40.4 Å². The summed E-state index contributed by atoms with van der Waals surface area (Å²) >= 11 is 6.44. The highest BCUT2D eigenvalue weighted by Crippen LogP contribution is 2.36. The number of hydrogen-bond donors (Lipinski definition) is 2. The summed E-state index contributed by atoms with van der Waals surface area (Å²) in [7, 11) is 1.42. The summed E-state index contributed by atoms with van der Waals surface area (Å²) in [4.78, 5) is 29.6. The predicted octanol–water partition coefficient (Wildman–Crippen LogP) is 2.44. The number of rotatable bonds is 8. The van der Waals surface area contributed by atoms with Crippen LogP contribution in [0.3, 0.4) is 0 Å². The Morgan fingerprint density at radius 1 is 1.18 bits per heavy atom. The molecule has 1 fully saturated rings. The van der Waals surface area contributed by atoms with Crippen LogP contribution >= 0.6 is 11.6 Å². The van der Waals surface area contributed by atoms with Crippen molar-refractivity contribution < 1.29 is 28.4 Å². The zero-order valence-electron chi connectivity index (χ0n) is 24.2. The molecule has 45 heavy (non-hydrogen) atoms. The fraction of sp³-hybridized carbons (Fsp3) is 0.321. The van der Waals surface area contributed by atoms with Crippen LogP contribution in [0.4, 0.5) is 16.3 Å². The molecule has 0 radical (unpaired) electrons. The van der Waals surface area contributed by atoms with Crippen molar-refractivity contribution in [2.24, 2.45) is 5.10 Å². The Morgan fingerprint density at radius 3 is 2.78 bits per heavy atom. The highest BCUT2D eigenvalue weighted by molar-refractivity contribution is 6.32. The van der Waals surface area contributed by atoms with Gasteiger partial charge in [-0.1, -0.05) is 35.0 Å². The maximum Gasteiger partial charge on any atom is 0.415 e. The number of aromatic nitrogens is 5. The van der Waals surface area contributed by atoms with Crippen molar-refractivity contribution in [2.75, 3.05) is 50.6 Å². The third-order valence-corrected chi connectivity index (χ3v) is 7.59. The molecule has 16 nitrogen and oxygen atoms in total. The van der Waals surface area contributed by atoms with Crippen molar-refractivity contribution in [3.8, 4) is 17.3 Å². The number of nitrogen functional groups attached to an aromatic ring is 1. The average molecular weight is 637 g/mol. The standard InChI is InChI=1S/C28H29ClN10O6/c1-42-22-14-17(13-19(29)24(22)44-28(41)37-9-11-43-12-10-37)15-31-33-27(40)23-21(39(36-32-23)26-25(30)34-45-35-26)16-38-8-4-6-18-5-2-3-7-20(18)38/h2-3,5,7,13-15H,4,6,8-12,16H2,1H3,(H2,30,34)(H,33,40)/b31-15+. The second-order valence-corrected chi connectivity index (χ2v) is 10.5. The molecule has 0 bridgehead atoms. The molecule has 0 atom stereocenters. The molecule has 234 valence electrons. The zero-order chi connectivity index (χ0) is 31.3. The van der Waals surface area contributed by atoms with Gasteiger partial charge in [-0.2, -0.15) is 9.78 Å². The van der Waals surface area contributed by atoms with Crippen molar-refractivity contribution in [3.05, 3.63) is 63.9 Å². The molecule has 17 heteroatoms. The molecule has 6 rings (SSSR count). The Balaban J connectivity index is 1.21. The number of carbonyl (C=O) groups is 2. The van der Waals surface area contributed by atoms with Gasteiger partial charge in [-0.25, -0.2) is 14.8 Å². The summed E-state index contributed by atoms with van der Waals surface area (Å²) in [6.45, 7) is 2.71. The molecule has 2 aliphatic rings. The van der Waals surface area contributed by atoms with E-state index in [1.807, 2.05) is 18.2 Å². The van der Waals surface area contributed by atoms with E-state index in [2.05, 4.69) is 42.1 Å². The molecule has 0 spiro atoms. The summed E-state index contributed by atoms with van der Waals surface area (Å²) in [5, 5.41) is 19.9. The Hall–Kier alpha value is -5.22. The summed E-state index contributed by atoms with van der Waals surface area (Å²) in [5.74, 6) is -0.236. The number of hydrogen-bond acceptors (Lipinski definition) is 13. The quantitative estimate of drug-likeness (QED) is 0.213. The van der Waals surface area contributed by atoms with Gasteiger partial charge in [0.25, 0.3) is 5.91 Å². The molecule has 4 aromatic rings. The molecule has 0 unspecified atom stereocenters. The second kappa shape index (κ2) is 13.2. The summed E-state index contributed by atoms with van der Waals surface area (Å²) in [6, 6.07) is 11.2. The number of aryl methyl sites for hydroxylation is 1. The minimum Gasteiger partial charge on any atom is -0.493 e. The molecule has 2 aliphatic heterocycles. The topological polar surface area (TPSA) is 188 Å². The van der Waals surface area contributed by atoms with Gasteiger partial charge in [0, 0.05) is 25.3 Å². The largest absolute Gasteiger partial charge is 0.493 e. The Bertz CT molecular complexity index is 1730. The van der Waals surface area contributed by atoms with Crippen LogP contribution in [0.1, 0.15) is 33.7 Å². The van der Waals surface area contributed by atoms with Crippen LogP contribution in [0.25, 0.3) is 5.82 Å². The first kappa shape index (κ1) is 29.8. The first-order valence-electron chi connectivity index (χ1n) is 14.0. The monoisotopic (exact) mass is 636 g/mol. The van der Waals surface area contributed by atoms with Crippen molar-refractivity contribution in [3.63, 3.8) is 0 Å². The summed E-state index contributed by atoms with van der Waals surface area (Å²) < 4.78 is 22.3. The lowest BCUT2D eigenvalue weighted by Gasteiger charge is -2.31. The lowest BCUT2D eigenvalue weighted by atomic mass is 10.0. The number of anilines is 2. The minimum atomic E-state index is -0.623. The number of hydrazone groups is 1. The van der Waals surface area contributed by atoms with E-state index < -0.39 is 12.0 Å². The third-order valence-electron chi connectivity index (χ3n) is 7.31. The molecule has 2 aromatic heterocycles. The lowest BCUT2D eigenvalue weighted by molar-refractivity contribution is 0.0413. The van der Waals surface area contributed by atoms with E-state index in [0.29, 0.717) is 37.6 Å². The van der Waals surface area contributed by atoms with Crippen molar-refractivity contribution >= 4 is 41.3 Å². The molecule has 2 amide bonds. The number of fused-ring (bicyclic) bond motifs is 1. The summed E-state index contributed by atoms with van der Waals surface area (Å²) in [5.41, 5.74) is 11.6. The first-order valence-corrected chi connectivity index (χ1v) is 14.4. The number of nitrogens with one attached hydrogen (secondary N) is 1. The number of amides is 2. The molecule has 4 heterocycles. The minimum absolute atomic E-state index is 0.00456. The smallest absolute Gasteiger partial charge is 0.415 e. The molecule has 0 saturated carbocycles. The number of nitrogens with zero attached hydrogens (tertiary/aromatic N) is 8. The van der Waals surface area contributed by atoms with Gasteiger partial charge in [-0.15, -0.1) is 5.10 Å². The highest BCUT2D eigenvalue weighted by Gasteiger charge is 2.27. The number of benzene rings is 2. The van der Waals surface area contributed by atoms with Crippen LogP contribution in [0.15, 0.2) is 46.1 Å². The van der Waals surface area contributed by atoms with Crippen LogP contribution < -0.4 is 25.5 Å². The molecule has 2 aromatic carbocycles. The number of para-hydroxylation sites is 1. The number of ether oxygens (including phenoxy) is 3. The number of morpholine rings is 1. The van der Waals surface area contributed by atoms with E-state index in [0.717, 1.165) is 25.1 Å². The normalized spacial score (nSPS) is 14.8. The van der Waals surface area contributed by atoms with E-state index in [1.165, 1.54) is 34.5 Å². The number of halogens is 1. The van der Waals surface area contributed by atoms with Crippen LogP contribution in [0.5, 0.6) is 11.5 Å². The van der Waals surface area contributed by atoms with Crippen LogP contribution in [0.2, 0.25) is 5.02 Å². The van der Waals surface area contributed by atoms with Crippen molar-refractivity contribution in [1.82, 2.24) is 35.6 Å². The molecule has 1 saturated heterocycles. The number of carbonyl (C=O) groups excluding carboxylic acids is 2. The van der Waals surface area contributed by atoms with Gasteiger partial charge in [-0.3, -0.25) is 4.79 Å². The number of nitrogens with two attached hydrogens (primary N) is 1. The van der Waals surface area contributed by atoms with Gasteiger partial charge < -0.3 is 29.7 Å². The average Bonchev–Trinajstić information content (AvgIpc) is 3.68. The fourth-order valence-corrected chi connectivity index (χ4v) is 5.37. The van der Waals surface area contributed by atoms with Crippen molar-refractivity contribution in [2.45, 2.75) is 19.4 Å². The zero-order valence-corrected chi connectivity index (χ0v) is 24.9.